The molecule has 0 aromatic heterocycles. The zero-order chi connectivity index (χ0) is 12.8. The third-order valence-electron chi connectivity index (χ3n) is 3.69. The van der Waals surface area contributed by atoms with Gasteiger partial charge in [0.15, 0.2) is 0 Å². The molecule has 3 nitrogen and oxygen atoms in total. The second kappa shape index (κ2) is 6.76. The molecule has 1 aromatic carbocycles. The number of nitrogens with one attached hydrogen (secondary N) is 1. The van der Waals surface area contributed by atoms with Gasteiger partial charge in [-0.15, -0.1) is 0 Å². The van der Waals surface area contributed by atoms with Gasteiger partial charge in [0, 0.05) is 44.5 Å². The summed E-state index contributed by atoms with van der Waals surface area (Å²) in [4.78, 5) is 5.02. The van der Waals surface area contributed by atoms with Gasteiger partial charge in [-0.2, -0.15) is 0 Å². The Labute approximate surface area is 111 Å². The molecule has 1 saturated heterocycles. The van der Waals surface area contributed by atoms with Gasteiger partial charge in [0.25, 0.3) is 0 Å². The Balaban J connectivity index is 1.64. The van der Waals surface area contributed by atoms with Crippen molar-refractivity contribution >= 4 is 5.69 Å². The van der Waals surface area contributed by atoms with Gasteiger partial charge in [0.2, 0.25) is 0 Å². The summed E-state index contributed by atoms with van der Waals surface area (Å²) in [6.45, 7) is 8.21. The predicted molar refractivity (Wildman–Crippen MR) is 78.1 cm³/mol. The number of likely N-dealkylation sites (N-methyl/N-ethyl adjacent to an activating group) is 1. The van der Waals surface area contributed by atoms with E-state index in [1.807, 2.05) is 0 Å². The monoisotopic (exact) mass is 247 g/mol. The van der Waals surface area contributed by atoms with Gasteiger partial charge in [0.1, 0.15) is 0 Å². The fourth-order valence-electron chi connectivity index (χ4n) is 2.58. The van der Waals surface area contributed by atoms with Crippen LogP contribution in [0.5, 0.6) is 0 Å². The minimum Gasteiger partial charge on any atom is -0.385 e. The molecule has 0 radical (unpaired) electrons. The first-order valence-corrected chi connectivity index (χ1v) is 6.97. The van der Waals surface area contributed by atoms with Gasteiger partial charge in [-0.3, -0.25) is 4.90 Å². The summed E-state index contributed by atoms with van der Waals surface area (Å²) in [6, 6.07) is 11.1. The van der Waals surface area contributed by atoms with Crippen LogP contribution in [0, 0.1) is 0 Å². The smallest absolute Gasteiger partial charge is 0.0340 e. The highest BCUT2D eigenvalue weighted by Gasteiger charge is 2.20. The van der Waals surface area contributed by atoms with Crippen molar-refractivity contribution in [1.29, 1.82) is 0 Å². The van der Waals surface area contributed by atoms with Gasteiger partial charge in [0.05, 0.1) is 0 Å². The van der Waals surface area contributed by atoms with Crippen LogP contribution in [0.4, 0.5) is 5.69 Å². The average molecular weight is 247 g/mol. The molecule has 1 unspecified atom stereocenters. The Morgan fingerprint density at radius 3 is 2.72 bits per heavy atom. The van der Waals surface area contributed by atoms with E-state index in [2.05, 4.69) is 59.4 Å². The quantitative estimate of drug-likeness (QED) is 0.804. The minimum absolute atomic E-state index is 0.695. The summed E-state index contributed by atoms with van der Waals surface area (Å²) in [5.74, 6) is 0. The van der Waals surface area contributed by atoms with Crippen molar-refractivity contribution in [3.8, 4) is 0 Å². The Morgan fingerprint density at radius 1 is 1.22 bits per heavy atom. The van der Waals surface area contributed by atoms with Crippen molar-refractivity contribution in [3.05, 3.63) is 30.3 Å². The molecule has 100 valence electrons. The molecular weight excluding hydrogens is 222 g/mol. The lowest BCUT2D eigenvalue weighted by Gasteiger charge is -2.38. The van der Waals surface area contributed by atoms with Crippen LogP contribution in [0.3, 0.4) is 0 Å². The molecule has 0 aliphatic carbocycles. The maximum Gasteiger partial charge on any atom is 0.0340 e. The van der Waals surface area contributed by atoms with Gasteiger partial charge in [-0.05, 0) is 32.5 Å². The molecule has 1 aliphatic rings. The van der Waals surface area contributed by atoms with Crippen LogP contribution >= 0.6 is 0 Å². The third-order valence-corrected chi connectivity index (χ3v) is 3.69. The number of benzene rings is 1. The lowest BCUT2D eigenvalue weighted by atomic mass is 10.2. The number of nitrogens with zero attached hydrogens (tertiary/aromatic N) is 2. The topological polar surface area (TPSA) is 18.5 Å². The van der Waals surface area contributed by atoms with Gasteiger partial charge < -0.3 is 10.2 Å². The Hall–Kier alpha value is -1.06. The molecule has 1 fully saturated rings. The molecule has 1 aliphatic heterocycles. The zero-order valence-corrected chi connectivity index (χ0v) is 11.6. The van der Waals surface area contributed by atoms with Crippen molar-refractivity contribution in [2.24, 2.45) is 0 Å². The van der Waals surface area contributed by atoms with Crippen LogP contribution in [-0.4, -0.2) is 55.6 Å². The molecule has 0 amide bonds. The zero-order valence-electron chi connectivity index (χ0n) is 11.6. The molecule has 0 bridgehead atoms. The fraction of sp³-hybridized carbons (Fsp3) is 0.600. The van der Waals surface area contributed by atoms with Crippen molar-refractivity contribution in [2.75, 3.05) is 45.1 Å². The maximum absolute atomic E-state index is 3.47. The summed E-state index contributed by atoms with van der Waals surface area (Å²) in [5.41, 5.74) is 1.23. The summed E-state index contributed by atoms with van der Waals surface area (Å²) < 4.78 is 0. The molecule has 1 atom stereocenters. The van der Waals surface area contributed by atoms with E-state index in [0.717, 1.165) is 6.54 Å². The van der Waals surface area contributed by atoms with E-state index in [9.17, 15) is 0 Å². The van der Waals surface area contributed by atoms with Crippen LogP contribution in [0.15, 0.2) is 30.3 Å². The van der Waals surface area contributed by atoms with Crippen LogP contribution in [-0.2, 0) is 0 Å². The molecule has 0 spiro atoms. The van der Waals surface area contributed by atoms with E-state index in [-0.39, 0.29) is 0 Å². The third kappa shape index (κ3) is 4.00. The fourth-order valence-corrected chi connectivity index (χ4v) is 2.58. The predicted octanol–water partition coefficient (Wildman–Crippen LogP) is 2.12. The normalized spacial score (nSPS) is 22.0. The summed E-state index contributed by atoms with van der Waals surface area (Å²) in [7, 11) is 2.21. The highest BCUT2D eigenvalue weighted by atomic mass is 15.3. The number of hydrogen-bond donors (Lipinski definition) is 1. The number of piperazine rings is 1. The first-order chi connectivity index (χ1) is 8.75. The van der Waals surface area contributed by atoms with E-state index in [0.29, 0.717) is 6.04 Å². The number of para-hydroxylation sites is 1. The van der Waals surface area contributed by atoms with Crippen molar-refractivity contribution < 1.29 is 0 Å². The van der Waals surface area contributed by atoms with Crippen LogP contribution in [0.2, 0.25) is 0 Å². The van der Waals surface area contributed by atoms with Crippen molar-refractivity contribution in [3.63, 3.8) is 0 Å². The number of anilines is 1. The standard InChI is InChI=1S/C15H25N3/c1-14-13-17(2)11-12-18(14)10-6-9-16-15-7-4-3-5-8-15/h3-5,7-8,14,16H,6,9-13H2,1-2H3. The van der Waals surface area contributed by atoms with E-state index >= 15 is 0 Å². The first-order valence-electron chi connectivity index (χ1n) is 6.97. The molecule has 1 aromatic rings. The van der Waals surface area contributed by atoms with Gasteiger partial charge in [-0.1, -0.05) is 18.2 Å². The average Bonchev–Trinajstić information content (AvgIpc) is 2.38. The lowest BCUT2D eigenvalue weighted by molar-refractivity contribution is 0.100. The SMILES string of the molecule is CC1CN(C)CCN1CCCNc1ccccc1. The lowest BCUT2D eigenvalue weighted by Crippen LogP contribution is -2.50. The molecule has 1 heterocycles. The second-order valence-corrected chi connectivity index (χ2v) is 5.29. The van der Waals surface area contributed by atoms with Crippen LogP contribution in [0.25, 0.3) is 0 Å². The van der Waals surface area contributed by atoms with Crippen molar-refractivity contribution in [1.82, 2.24) is 9.80 Å². The Bertz CT molecular complexity index is 339. The largest absolute Gasteiger partial charge is 0.385 e. The molecule has 0 saturated carbocycles. The Kier molecular flexibility index (Phi) is 5.02. The highest BCUT2D eigenvalue weighted by Crippen LogP contribution is 2.09. The molecule has 2 rings (SSSR count). The maximum atomic E-state index is 3.47. The van der Waals surface area contributed by atoms with E-state index in [1.54, 1.807) is 0 Å². The van der Waals surface area contributed by atoms with Gasteiger partial charge >= 0.3 is 0 Å². The van der Waals surface area contributed by atoms with E-state index in [4.69, 9.17) is 0 Å². The molecule has 1 N–H and O–H groups in total. The van der Waals surface area contributed by atoms with E-state index < -0.39 is 0 Å². The summed E-state index contributed by atoms with van der Waals surface area (Å²) in [6.07, 6.45) is 1.21. The molecule has 3 heteroatoms. The first kappa shape index (κ1) is 13.4. The van der Waals surface area contributed by atoms with Crippen molar-refractivity contribution in [2.45, 2.75) is 19.4 Å². The van der Waals surface area contributed by atoms with Gasteiger partial charge in [-0.25, -0.2) is 0 Å². The minimum atomic E-state index is 0.695. The summed E-state index contributed by atoms with van der Waals surface area (Å²) in [5, 5.41) is 3.47. The van der Waals surface area contributed by atoms with E-state index in [1.165, 1.54) is 38.3 Å². The van der Waals surface area contributed by atoms with Crippen LogP contribution < -0.4 is 5.32 Å². The second-order valence-electron chi connectivity index (χ2n) is 5.29. The molecule has 18 heavy (non-hydrogen) atoms. The summed E-state index contributed by atoms with van der Waals surface area (Å²) >= 11 is 0. The molecular formula is C15H25N3. The Morgan fingerprint density at radius 2 is 2.00 bits per heavy atom. The highest BCUT2D eigenvalue weighted by molar-refractivity contribution is 5.42. The number of hydrogen-bond acceptors (Lipinski definition) is 3. The number of rotatable bonds is 5. The van der Waals surface area contributed by atoms with Crippen LogP contribution in [0.1, 0.15) is 13.3 Å².